The number of carbonyl (C=O) groups is 1. The largest absolute Gasteiger partial charge is 0.337 e. The van der Waals surface area contributed by atoms with Gasteiger partial charge in [-0.15, -0.1) is 0 Å². The van der Waals surface area contributed by atoms with Crippen LogP contribution in [0.25, 0.3) is 0 Å². The average Bonchev–Trinajstić information content (AvgIpc) is 2.70. The number of nitrogens with one attached hydrogen (secondary N) is 1. The maximum absolute atomic E-state index is 13.2. The molecule has 2 heterocycles. The summed E-state index contributed by atoms with van der Waals surface area (Å²) in [5.74, 6) is -0.273. The van der Waals surface area contributed by atoms with Gasteiger partial charge in [-0.25, -0.2) is 9.18 Å². The van der Waals surface area contributed by atoms with E-state index in [1.165, 1.54) is 31.4 Å². The maximum atomic E-state index is 13.2. The van der Waals surface area contributed by atoms with Gasteiger partial charge in [-0.1, -0.05) is 18.6 Å². The minimum Gasteiger partial charge on any atom is -0.337 e. The summed E-state index contributed by atoms with van der Waals surface area (Å²) in [5, 5.41) is 3.04. The Hall–Kier alpha value is -2.47. The summed E-state index contributed by atoms with van der Waals surface area (Å²) in [5.41, 5.74) is 1.91. The molecule has 1 aliphatic heterocycles. The molecule has 2 amide bonds. The van der Waals surface area contributed by atoms with Crippen molar-refractivity contribution >= 4 is 6.03 Å². The Morgan fingerprint density at radius 1 is 1.00 bits per heavy atom. The zero-order chi connectivity index (χ0) is 18.9. The van der Waals surface area contributed by atoms with Crippen LogP contribution in [0.3, 0.4) is 0 Å². The van der Waals surface area contributed by atoms with Crippen molar-refractivity contribution in [3.63, 3.8) is 0 Å². The number of benzene rings is 1. The molecule has 0 bridgehead atoms. The first kappa shape index (κ1) is 19.3. The second kappa shape index (κ2) is 10.0. The van der Waals surface area contributed by atoms with Crippen LogP contribution in [0.5, 0.6) is 0 Å². The van der Waals surface area contributed by atoms with Crippen LogP contribution in [0, 0.1) is 5.82 Å². The molecule has 5 nitrogen and oxygen atoms in total. The lowest BCUT2D eigenvalue weighted by Crippen LogP contribution is -2.43. The molecule has 1 aromatic carbocycles. The molecule has 0 atom stereocenters. The second-order valence-corrected chi connectivity index (χ2v) is 6.97. The molecule has 27 heavy (non-hydrogen) atoms. The van der Waals surface area contributed by atoms with Gasteiger partial charge in [0.1, 0.15) is 5.82 Å². The van der Waals surface area contributed by atoms with Crippen molar-refractivity contribution < 1.29 is 9.18 Å². The number of halogens is 1. The summed E-state index contributed by atoms with van der Waals surface area (Å²) in [4.78, 5) is 20.9. The van der Waals surface area contributed by atoms with Gasteiger partial charge in [0.05, 0.1) is 0 Å². The maximum Gasteiger partial charge on any atom is 0.318 e. The Bertz CT molecular complexity index is 702. The number of likely N-dealkylation sites (tertiary alicyclic amines) is 1. The summed E-state index contributed by atoms with van der Waals surface area (Å²) in [7, 11) is 0. The summed E-state index contributed by atoms with van der Waals surface area (Å²) in [6.45, 7) is 4.66. The number of carbonyl (C=O) groups excluding carboxylic acids is 1. The number of pyridine rings is 1. The summed E-state index contributed by atoms with van der Waals surface area (Å²) in [6.07, 6.45) is 7.24. The molecule has 0 radical (unpaired) electrons. The molecular weight excluding hydrogens is 343 g/mol. The van der Waals surface area contributed by atoms with Gasteiger partial charge in [0, 0.05) is 38.6 Å². The van der Waals surface area contributed by atoms with Crippen LogP contribution in [0.15, 0.2) is 48.8 Å². The van der Waals surface area contributed by atoms with E-state index < -0.39 is 0 Å². The van der Waals surface area contributed by atoms with E-state index in [4.69, 9.17) is 0 Å². The molecule has 0 spiro atoms. The van der Waals surface area contributed by atoms with Crippen LogP contribution >= 0.6 is 0 Å². The van der Waals surface area contributed by atoms with Crippen LogP contribution in [0.1, 0.15) is 30.4 Å². The van der Waals surface area contributed by atoms with Crippen LogP contribution in [-0.2, 0) is 13.1 Å². The van der Waals surface area contributed by atoms with E-state index in [1.807, 2.05) is 12.1 Å². The van der Waals surface area contributed by atoms with E-state index in [0.717, 1.165) is 30.8 Å². The highest BCUT2D eigenvalue weighted by Gasteiger charge is 2.16. The van der Waals surface area contributed by atoms with Crippen molar-refractivity contribution in [1.82, 2.24) is 20.1 Å². The van der Waals surface area contributed by atoms with Crippen molar-refractivity contribution in [2.45, 2.75) is 32.4 Å². The van der Waals surface area contributed by atoms with Crippen molar-refractivity contribution in [3.8, 4) is 0 Å². The van der Waals surface area contributed by atoms with E-state index in [2.05, 4.69) is 15.2 Å². The van der Waals surface area contributed by atoms with Crippen LogP contribution in [0.4, 0.5) is 9.18 Å². The van der Waals surface area contributed by atoms with Crippen molar-refractivity contribution in [3.05, 3.63) is 65.7 Å². The van der Waals surface area contributed by atoms with Gasteiger partial charge >= 0.3 is 6.03 Å². The van der Waals surface area contributed by atoms with E-state index >= 15 is 0 Å². The molecular formula is C21H27FN4O. The highest BCUT2D eigenvalue weighted by Crippen LogP contribution is 2.11. The Morgan fingerprint density at radius 3 is 2.30 bits per heavy atom. The minimum absolute atomic E-state index is 0.104. The molecule has 0 unspecified atom stereocenters. The molecule has 1 N–H and O–H groups in total. The zero-order valence-corrected chi connectivity index (χ0v) is 15.6. The molecule has 1 aromatic heterocycles. The summed E-state index contributed by atoms with van der Waals surface area (Å²) >= 11 is 0. The lowest BCUT2D eigenvalue weighted by atomic mass is 10.1. The van der Waals surface area contributed by atoms with Gasteiger partial charge in [-0.3, -0.25) is 4.98 Å². The smallest absolute Gasteiger partial charge is 0.318 e. The first-order valence-electron chi connectivity index (χ1n) is 9.59. The third-order valence-electron chi connectivity index (χ3n) is 4.85. The first-order valence-corrected chi connectivity index (χ1v) is 9.59. The number of hydrogen-bond acceptors (Lipinski definition) is 3. The Kier molecular flexibility index (Phi) is 7.16. The van der Waals surface area contributed by atoms with Crippen LogP contribution < -0.4 is 5.32 Å². The summed E-state index contributed by atoms with van der Waals surface area (Å²) < 4.78 is 13.2. The van der Waals surface area contributed by atoms with Gasteiger partial charge < -0.3 is 15.1 Å². The number of hydrogen-bond donors (Lipinski definition) is 1. The lowest BCUT2D eigenvalue weighted by molar-refractivity contribution is 0.186. The molecule has 3 rings (SSSR count). The zero-order valence-electron chi connectivity index (χ0n) is 15.6. The number of nitrogens with zero attached hydrogens (tertiary/aromatic N) is 3. The Labute approximate surface area is 160 Å². The van der Waals surface area contributed by atoms with Crippen LogP contribution in [0.2, 0.25) is 0 Å². The Morgan fingerprint density at radius 2 is 1.63 bits per heavy atom. The van der Waals surface area contributed by atoms with Gasteiger partial charge in [-0.2, -0.15) is 0 Å². The number of rotatable bonds is 7. The van der Waals surface area contributed by atoms with E-state index in [9.17, 15) is 9.18 Å². The normalized spacial score (nSPS) is 14.7. The van der Waals surface area contributed by atoms with Crippen molar-refractivity contribution in [2.75, 3.05) is 26.2 Å². The van der Waals surface area contributed by atoms with Gasteiger partial charge in [0.15, 0.2) is 0 Å². The van der Waals surface area contributed by atoms with Gasteiger partial charge in [0.25, 0.3) is 0 Å². The number of amides is 2. The van der Waals surface area contributed by atoms with Crippen molar-refractivity contribution in [1.29, 1.82) is 0 Å². The topological polar surface area (TPSA) is 48.5 Å². The highest BCUT2D eigenvalue weighted by molar-refractivity contribution is 5.74. The lowest BCUT2D eigenvalue weighted by Gasteiger charge is -2.27. The van der Waals surface area contributed by atoms with Crippen molar-refractivity contribution in [2.24, 2.45) is 0 Å². The van der Waals surface area contributed by atoms with E-state index in [1.54, 1.807) is 29.4 Å². The average molecular weight is 370 g/mol. The van der Waals surface area contributed by atoms with Gasteiger partial charge in [-0.05, 0) is 61.3 Å². The standard InChI is InChI=1S/C21H27FN4O/c22-20-6-4-18(5-7-20)16-26(17-19-8-10-23-11-9-19)21(27)24-12-15-25-13-2-1-3-14-25/h4-11H,1-3,12-17H2,(H,24,27). The molecule has 144 valence electrons. The molecule has 6 heteroatoms. The molecule has 0 aliphatic carbocycles. The predicted molar refractivity (Wildman–Crippen MR) is 104 cm³/mol. The van der Waals surface area contributed by atoms with E-state index in [-0.39, 0.29) is 11.8 Å². The van der Waals surface area contributed by atoms with Crippen LogP contribution in [-0.4, -0.2) is 47.0 Å². The first-order chi connectivity index (χ1) is 13.2. The fourth-order valence-corrected chi connectivity index (χ4v) is 3.33. The minimum atomic E-state index is -0.273. The van der Waals surface area contributed by atoms with Gasteiger partial charge in [0.2, 0.25) is 0 Å². The molecule has 0 saturated carbocycles. The molecule has 2 aromatic rings. The SMILES string of the molecule is O=C(NCCN1CCCCC1)N(Cc1ccncc1)Cc1ccc(F)cc1. The highest BCUT2D eigenvalue weighted by atomic mass is 19.1. The molecule has 1 fully saturated rings. The third-order valence-corrected chi connectivity index (χ3v) is 4.85. The molecule has 1 saturated heterocycles. The Balaban J connectivity index is 1.58. The second-order valence-electron chi connectivity index (χ2n) is 6.97. The number of aromatic nitrogens is 1. The summed E-state index contributed by atoms with van der Waals surface area (Å²) in [6, 6.07) is 9.99. The monoisotopic (exact) mass is 370 g/mol. The fourth-order valence-electron chi connectivity index (χ4n) is 3.33. The number of piperidine rings is 1. The fraction of sp³-hybridized carbons (Fsp3) is 0.429. The number of urea groups is 1. The van der Waals surface area contributed by atoms with E-state index in [0.29, 0.717) is 19.6 Å². The predicted octanol–water partition coefficient (Wildman–Crippen LogP) is 3.42. The molecule has 1 aliphatic rings. The quantitative estimate of drug-likeness (QED) is 0.812. The third kappa shape index (κ3) is 6.32.